The second-order valence-electron chi connectivity index (χ2n) is 5.51. The van der Waals surface area contributed by atoms with Crippen LogP contribution in [0.3, 0.4) is 0 Å². The zero-order valence-electron chi connectivity index (χ0n) is 12.7. The Morgan fingerprint density at radius 2 is 1.81 bits per heavy atom. The Kier molecular flexibility index (Phi) is 6.06. The molecule has 116 valence electrons. The van der Waals surface area contributed by atoms with Gasteiger partial charge in [0, 0.05) is 43.6 Å². The number of hydrogen-bond acceptors (Lipinski definition) is 3. The Morgan fingerprint density at radius 3 is 2.33 bits per heavy atom. The molecule has 1 fully saturated rings. The van der Waals surface area contributed by atoms with Gasteiger partial charge in [0.1, 0.15) is 5.75 Å². The van der Waals surface area contributed by atoms with E-state index < -0.39 is 0 Å². The molecule has 5 heteroatoms. The average molecular weight is 355 g/mol. The van der Waals surface area contributed by atoms with Gasteiger partial charge in [0.25, 0.3) is 5.91 Å². The van der Waals surface area contributed by atoms with Gasteiger partial charge in [-0.2, -0.15) is 0 Å². The Hall–Kier alpha value is -1.07. The van der Waals surface area contributed by atoms with Gasteiger partial charge < -0.3 is 9.64 Å². The van der Waals surface area contributed by atoms with E-state index in [1.807, 2.05) is 43.0 Å². The van der Waals surface area contributed by atoms with E-state index in [2.05, 4.69) is 20.8 Å². The lowest BCUT2D eigenvalue weighted by Gasteiger charge is -2.34. The molecule has 21 heavy (non-hydrogen) atoms. The third kappa shape index (κ3) is 4.71. The van der Waals surface area contributed by atoms with Gasteiger partial charge >= 0.3 is 0 Å². The van der Waals surface area contributed by atoms with Crippen molar-refractivity contribution < 1.29 is 9.53 Å². The number of nitrogens with zero attached hydrogens (tertiary/aromatic N) is 2. The number of hydrogen-bond donors (Lipinski definition) is 0. The zero-order valence-corrected chi connectivity index (χ0v) is 14.3. The van der Waals surface area contributed by atoms with Crippen LogP contribution >= 0.6 is 15.9 Å². The lowest BCUT2D eigenvalue weighted by molar-refractivity contribution is 0.0645. The second-order valence-corrected chi connectivity index (χ2v) is 6.31. The highest BCUT2D eigenvalue weighted by molar-refractivity contribution is 9.09. The Morgan fingerprint density at radius 1 is 1.19 bits per heavy atom. The van der Waals surface area contributed by atoms with Gasteiger partial charge in [-0.3, -0.25) is 9.69 Å². The standard InChI is InChI=1S/C16H23BrN2O2/c1-13(2)21-15-5-3-14(4-6-15)16(20)19-11-9-18(8-7-17)10-12-19/h3-6,13H,7-12H2,1-2H3. The topological polar surface area (TPSA) is 32.8 Å². The average Bonchev–Trinajstić information content (AvgIpc) is 2.48. The SMILES string of the molecule is CC(C)Oc1ccc(C(=O)N2CCN(CCBr)CC2)cc1. The molecule has 0 spiro atoms. The molecule has 1 aliphatic heterocycles. The quantitative estimate of drug-likeness (QED) is 0.762. The molecule has 0 radical (unpaired) electrons. The predicted molar refractivity (Wildman–Crippen MR) is 88.3 cm³/mol. The molecule has 2 rings (SSSR count). The summed E-state index contributed by atoms with van der Waals surface area (Å²) < 4.78 is 5.60. The first-order valence-electron chi connectivity index (χ1n) is 7.44. The molecule has 1 saturated heterocycles. The van der Waals surface area contributed by atoms with Crippen LogP contribution in [-0.4, -0.2) is 59.9 Å². The van der Waals surface area contributed by atoms with Crippen LogP contribution < -0.4 is 4.74 Å². The maximum absolute atomic E-state index is 12.5. The van der Waals surface area contributed by atoms with Gasteiger partial charge in [0.05, 0.1) is 6.10 Å². The van der Waals surface area contributed by atoms with Crippen LogP contribution in [0, 0.1) is 0 Å². The summed E-state index contributed by atoms with van der Waals surface area (Å²) in [5, 5.41) is 0.984. The fourth-order valence-electron chi connectivity index (χ4n) is 2.42. The van der Waals surface area contributed by atoms with Gasteiger partial charge in [-0.05, 0) is 38.1 Å². The summed E-state index contributed by atoms with van der Waals surface area (Å²) in [7, 11) is 0. The molecule has 1 aromatic rings. The molecule has 0 bridgehead atoms. The van der Waals surface area contributed by atoms with Crippen LogP contribution in [0.25, 0.3) is 0 Å². The van der Waals surface area contributed by atoms with E-state index in [0.717, 1.165) is 49.4 Å². The molecule has 1 heterocycles. The first kappa shape index (κ1) is 16.3. The van der Waals surface area contributed by atoms with Crippen LogP contribution in [0.5, 0.6) is 5.75 Å². The van der Waals surface area contributed by atoms with Crippen LogP contribution in [0.1, 0.15) is 24.2 Å². The molecule has 1 aromatic carbocycles. The van der Waals surface area contributed by atoms with Crippen molar-refractivity contribution in [1.29, 1.82) is 0 Å². The maximum Gasteiger partial charge on any atom is 0.253 e. The van der Waals surface area contributed by atoms with Gasteiger partial charge in [0.15, 0.2) is 0 Å². The van der Waals surface area contributed by atoms with Gasteiger partial charge in [0.2, 0.25) is 0 Å². The van der Waals surface area contributed by atoms with Crippen molar-refractivity contribution in [1.82, 2.24) is 9.80 Å². The number of benzene rings is 1. The molecule has 0 unspecified atom stereocenters. The molecule has 0 N–H and O–H groups in total. The molecule has 1 amide bonds. The van der Waals surface area contributed by atoms with Crippen molar-refractivity contribution in [2.75, 3.05) is 38.1 Å². The number of amides is 1. The van der Waals surface area contributed by atoms with E-state index in [4.69, 9.17) is 4.74 Å². The van der Waals surface area contributed by atoms with E-state index in [-0.39, 0.29) is 12.0 Å². The van der Waals surface area contributed by atoms with Crippen molar-refractivity contribution in [3.8, 4) is 5.75 Å². The minimum Gasteiger partial charge on any atom is -0.491 e. The number of ether oxygens (including phenoxy) is 1. The van der Waals surface area contributed by atoms with Crippen molar-refractivity contribution in [2.45, 2.75) is 20.0 Å². The summed E-state index contributed by atoms with van der Waals surface area (Å²) in [6, 6.07) is 7.44. The summed E-state index contributed by atoms with van der Waals surface area (Å²) in [6.07, 6.45) is 0.147. The summed E-state index contributed by atoms with van der Waals surface area (Å²) >= 11 is 3.46. The highest BCUT2D eigenvalue weighted by atomic mass is 79.9. The number of carbonyl (C=O) groups excluding carboxylic acids is 1. The molecule has 0 saturated carbocycles. The summed E-state index contributed by atoms with van der Waals surface area (Å²) in [5.74, 6) is 0.924. The molecule has 0 aliphatic carbocycles. The first-order valence-corrected chi connectivity index (χ1v) is 8.56. The zero-order chi connectivity index (χ0) is 15.2. The Balaban J connectivity index is 1.91. The Bertz CT molecular complexity index is 454. The first-order chi connectivity index (χ1) is 10.1. The molecule has 0 aromatic heterocycles. The minimum absolute atomic E-state index is 0.115. The van der Waals surface area contributed by atoms with Gasteiger partial charge in [-0.25, -0.2) is 0 Å². The molecular weight excluding hydrogens is 332 g/mol. The van der Waals surface area contributed by atoms with Gasteiger partial charge in [-0.1, -0.05) is 15.9 Å². The molecular formula is C16H23BrN2O2. The second kappa shape index (κ2) is 7.80. The number of carbonyl (C=O) groups is 1. The highest BCUT2D eigenvalue weighted by Gasteiger charge is 2.21. The van der Waals surface area contributed by atoms with E-state index in [0.29, 0.717) is 0 Å². The van der Waals surface area contributed by atoms with Crippen molar-refractivity contribution >= 4 is 21.8 Å². The van der Waals surface area contributed by atoms with Crippen LogP contribution in [-0.2, 0) is 0 Å². The highest BCUT2D eigenvalue weighted by Crippen LogP contribution is 2.16. The fraction of sp³-hybridized carbons (Fsp3) is 0.562. The monoisotopic (exact) mass is 354 g/mol. The van der Waals surface area contributed by atoms with Crippen molar-refractivity contribution in [2.24, 2.45) is 0 Å². The lowest BCUT2D eigenvalue weighted by Crippen LogP contribution is -2.49. The third-order valence-electron chi connectivity index (χ3n) is 3.53. The smallest absolute Gasteiger partial charge is 0.253 e. The van der Waals surface area contributed by atoms with Crippen LogP contribution in [0.4, 0.5) is 0 Å². The van der Waals surface area contributed by atoms with Crippen molar-refractivity contribution in [3.63, 3.8) is 0 Å². The Labute approximate surface area is 135 Å². The normalized spacial score (nSPS) is 16.3. The third-order valence-corrected chi connectivity index (χ3v) is 3.89. The minimum atomic E-state index is 0.115. The number of piperazine rings is 1. The van der Waals surface area contributed by atoms with Crippen molar-refractivity contribution in [3.05, 3.63) is 29.8 Å². The summed E-state index contributed by atoms with van der Waals surface area (Å²) in [6.45, 7) is 8.53. The maximum atomic E-state index is 12.5. The molecule has 0 atom stereocenters. The van der Waals surface area contributed by atoms with E-state index in [1.54, 1.807) is 0 Å². The number of alkyl halides is 1. The largest absolute Gasteiger partial charge is 0.491 e. The number of rotatable bonds is 5. The molecule has 4 nitrogen and oxygen atoms in total. The molecule has 1 aliphatic rings. The van der Waals surface area contributed by atoms with E-state index >= 15 is 0 Å². The van der Waals surface area contributed by atoms with Gasteiger partial charge in [-0.15, -0.1) is 0 Å². The predicted octanol–water partition coefficient (Wildman–Crippen LogP) is 2.63. The van der Waals surface area contributed by atoms with E-state index in [1.165, 1.54) is 0 Å². The van der Waals surface area contributed by atoms with E-state index in [9.17, 15) is 4.79 Å². The number of halogens is 1. The summed E-state index contributed by atoms with van der Waals surface area (Å²) in [5.41, 5.74) is 0.736. The fourth-order valence-corrected chi connectivity index (χ4v) is 2.93. The van der Waals surface area contributed by atoms with Crippen LogP contribution in [0.15, 0.2) is 24.3 Å². The lowest BCUT2D eigenvalue weighted by atomic mass is 10.1. The van der Waals surface area contributed by atoms with Crippen LogP contribution in [0.2, 0.25) is 0 Å². The summed E-state index contributed by atoms with van der Waals surface area (Å²) in [4.78, 5) is 16.8.